The maximum Gasteiger partial charge on any atom is 0.329 e. The molecule has 0 spiro atoms. The predicted octanol–water partition coefficient (Wildman–Crippen LogP) is 1.99. The van der Waals surface area contributed by atoms with Gasteiger partial charge in [0.1, 0.15) is 5.82 Å². The van der Waals surface area contributed by atoms with Crippen LogP contribution < -0.4 is 4.90 Å². The number of benzene rings is 1. The molecule has 0 radical (unpaired) electrons. The molecule has 1 saturated heterocycles. The first-order valence-electron chi connectivity index (χ1n) is 4.75. The molecule has 1 fully saturated rings. The third-order valence-electron chi connectivity index (χ3n) is 2.13. The van der Waals surface area contributed by atoms with Crippen LogP contribution in [0.4, 0.5) is 14.9 Å². The van der Waals surface area contributed by atoms with Crippen LogP contribution in [0.25, 0.3) is 0 Å². The molecule has 5 nitrogen and oxygen atoms in total. The fourth-order valence-electron chi connectivity index (χ4n) is 1.39. The number of anilines is 1. The lowest BCUT2D eigenvalue weighted by Gasteiger charge is -2.11. The lowest BCUT2D eigenvalue weighted by atomic mass is 10.3. The van der Waals surface area contributed by atoms with E-state index in [-0.39, 0.29) is 10.6 Å². The molecule has 7 heteroatoms. The lowest BCUT2D eigenvalue weighted by Crippen LogP contribution is -2.27. The first kappa shape index (κ1) is 12.3. The smallest absolute Gasteiger partial charge is 0.329 e. The minimum atomic E-state index is -1.31. The van der Waals surface area contributed by atoms with Gasteiger partial charge in [-0.15, -0.1) is 0 Å². The van der Waals surface area contributed by atoms with Crippen LogP contribution in [0, 0.1) is 5.82 Å². The number of rotatable bonds is 2. The van der Waals surface area contributed by atoms with Crippen molar-refractivity contribution >= 4 is 34.6 Å². The summed E-state index contributed by atoms with van der Waals surface area (Å²) in [4.78, 5) is 34.5. The SMILES string of the molecule is O=C(O)/C=C1/SC(=O)N(c2ccc(F)cc2)C1=O. The van der Waals surface area contributed by atoms with E-state index in [1.54, 1.807) is 0 Å². The molecule has 0 bridgehead atoms. The lowest BCUT2D eigenvalue weighted by molar-refractivity contribution is -0.131. The van der Waals surface area contributed by atoms with E-state index in [9.17, 15) is 18.8 Å². The highest BCUT2D eigenvalue weighted by atomic mass is 32.2. The molecule has 1 aliphatic heterocycles. The Hall–Kier alpha value is -2.15. The van der Waals surface area contributed by atoms with Gasteiger partial charge in [-0.2, -0.15) is 0 Å². The molecule has 1 aliphatic rings. The molecule has 2 rings (SSSR count). The van der Waals surface area contributed by atoms with E-state index in [1.165, 1.54) is 12.1 Å². The van der Waals surface area contributed by atoms with Crippen LogP contribution in [0.2, 0.25) is 0 Å². The Bertz CT molecular complexity index is 567. The number of hydrogen-bond acceptors (Lipinski definition) is 4. The van der Waals surface area contributed by atoms with Gasteiger partial charge in [0.2, 0.25) is 0 Å². The van der Waals surface area contributed by atoms with E-state index in [1.807, 2.05) is 0 Å². The fourth-order valence-corrected chi connectivity index (χ4v) is 2.20. The summed E-state index contributed by atoms with van der Waals surface area (Å²) in [5.41, 5.74) is 0.202. The molecule has 1 heterocycles. The molecular formula is C11H6FNO4S. The van der Waals surface area contributed by atoms with Crippen molar-refractivity contribution in [3.8, 4) is 0 Å². The summed E-state index contributed by atoms with van der Waals surface area (Å²) < 4.78 is 12.7. The third kappa shape index (κ3) is 2.25. The maximum absolute atomic E-state index is 12.7. The average Bonchev–Trinajstić information content (AvgIpc) is 2.55. The number of imide groups is 1. The third-order valence-corrected chi connectivity index (χ3v) is 3.00. The highest BCUT2D eigenvalue weighted by molar-refractivity contribution is 8.18. The zero-order chi connectivity index (χ0) is 13.3. The first-order valence-corrected chi connectivity index (χ1v) is 5.57. The Morgan fingerprint density at radius 1 is 1.28 bits per heavy atom. The number of carbonyl (C=O) groups excluding carboxylic acids is 2. The van der Waals surface area contributed by atoms with Gasteiger partial charge >= 0.3 is 5.97 Å². The van der Waals surface area contributed by atoms with Crippen molar-refractivity contribution in [1.29, 1.82) is 0 Å². The normalized spacial score (nSPS) is 17.6. The molecule has 1 aromatic carbocycles. The second-order valence-corrected chi connectivity index (χ2v) is 4.32. The molecule has 0 unspecified atom stereocenters. The number of halogens is 1. The monoisotopic (exact) mass is 267 g/mol. The number of aliphatic carboxylic acids is 1. The standard InChI is InChI=1S/C11H6FNO4S/c12-6-1-3-7(4-2-6)13-10(16)8(5-9(14)15)18-11(13)17/h1-5H,(H,14,15)/b8-5+. The molecule has 18 heavy (non-hydrogen) atoms. The van der Waals surface area contributed by atoms with Crippen molar-refractivity contribution in [2.45, 2.75) is 0 Å². The van der Waals surface area contributed by atoms with Crippen molar-refractivity contribution in [3.63, 3.8) is 0 Å². The van der Waals surface area contributed by atoms with Crippen LogP contribution in [0.3, 0.4) is 0 Å². The summed E-state index contributed by atoms with van der Waals surface area (Å²) in [7, 11) is 0. The fraction of sp³-hybridized carbons (Fsp3) is 0. The molecule has 1 aromatic rings. The molecule has 2 amide bonds. The molecule has 0 aliphatic carbocycles. The van der Waals surface area contributed by atoms with E-state index in [2.05, 4.69) is 0 Å². The Morgan fingerprint density at radius 2 is 1.89 bits per heavy atom. The highest BCUT2D eigenvalue weighted by Crippen LogP contribution is 2.34. The summed E-state index contributed by atoms with van der Waals surface area (Å²) in [5, 5.41) is 7.94. The number of amides is 2. The maximum atomic E-state index is 12.7. The second-order valence-electron chi connectivity index (χ2n) is 3.33. The van der Waals surface area contributed by atoms with Crippen LogP contribution in [0.5, 0.6) is 0 Å². The van der Waals surface area contributed by atoms with Crippen LogP contribution in [0.15, 0.2) is 35.2 Å². The number of carboxylic acid groups (broad SMARTS) is 1. The number of nitrogens with zero attached hydrogens (tertiary/aromatic N) is 1. The number of thioether (sulfide) groups is 1. The van der Waals surface area contributed by atoms with Gasteiger partial charge in [-0.1, -0.05) is 0 Å². The van der Waals surface area contributed by atoms with Crippen molar-refractivity contribution < 1.29 is 23.9 Å². The van der Waals surface area contributed by atoms with Crippen molar-refractivity contribution in [2.75, 3.05) is 4.90 Å². The largest absolute Gasteiger partial charge is 0.478 e. The van der Waals surface area contributed by atoms with Crippen LogP contribution in [-0.4, -0.2) is 22.2 Å². The molecule has 0 atom stereocenters. The Labute approximate surface area is 105 Å². The summed E-state index contributed by atoms with van der Waals surface area (Å²) in [6, 6.07) is 4.77. The zero-order valence-electron chi connectivity index (χ0n) is 8.79. The van der Waals surface area contributed by atoms with Gasteiger partial charge in [-0.05, 0) is 36.0 Å². The van der Waals surface area contributed by atoms with Gasteiger partial charge in [0.25, 0.3) is 11.1 Å². The second kappa shape index (κ2) is 4.61. The van der Waals surface area contributed by atoms with E-state index >= 15 is 0 Å². The Morgan fingerprint density at radius 3 is 2.44 bits per heavy atom. The predicted molar refractivity (Wildman–Crippen MR) is 62.6 cm³/mol. The molecule has 0 aromatic heterocycles. The number of carbonyl (C=O) groups is 3. The molecular weight excluding hydrogens is 261 g/mol. The zero-order valence-corrected chi connectivity index (χ0v) is 9.61. The number of carboxylic acids is 1. The van der Waals surface area contributed by atoms with Gasteiger partial charge in [-0.3, -0.25) is 9.59 Å². The van der Waals surface area contributed by atoms with Crippen LogP contribution in [0.1, 0.15) is 0 Å². The average molecular weight is 267 g/mol. The number of hydrogen-bond donors (Lipinski definition) is 1. The van der Waals surface area contributed by atoms with Crippen LogP contribution in [-0.2, 0) is 9.59 Å². The van der Waals surface area contributed by atoms with Gasteiger partial charge in [-0.25, -0.2) is 14.1 Å². The minimum Gasteiger partial charge on any atom is -0.478 e. The first-order chi connectivity index (χ1) is 8.49. The van der Waals surface area contributed by atoms with E-state index < -0.39 is 22.9 Å². The minimum absolute atomic E-state index is 0.170. The quantitative estimate of drug-likeness (QED) is 0.829. The van der Waals surface area contributed by atoms with Gasteiger partial charge in [0.05, 0.1) is 10.6 Å². The molecule has 0 saturated carbocycles. The van der Waals surface area contributed by atoms with E-state index in [4.69, 9.17) is 5.11 Å². The summed E-state index contributed by atoms with van der Waals surface area (Å²) in [6.07, 6.45) is 0.675. The van der Waals surface area contributed by atoms with E-state index in [0.717, 1.165) is 17.0 Å². The summed E-state index contributed by atoms with van der Waals surface area (Å²) in [5.74, 6) is -2.52. The summed E-state index contributed by atoms with van der Waals surface area (Å²) in [6.45, 7) is 0. The highest BCUT2D eigenvalue weighted by Gasteiger charge is 2.36. The van der Waals surface area contributed by atoms with Gasteiger partial charge in [0.15, 0.2) is 0 Å². The van der Waals surface area contributed by atoms with Gasteiger partial charge in [0, 0.05) is 6.08 Å². The Balaban J connectivity index is 2.35. The summed E-state index contributed by atoms with van der Waals surface area (Å²) >= 11 is 0.533. The van der Waals surface area contributed by atoms with E-state index in [0.29, 0.717) is 17.8 Å². The molecule has 1 N–H and O–H groups in total. The molecule has 92 valence electrons. The van der Waals surface area contributed by atoms with Crippen molar-refractivity contribution in [2.24, 2.45) is 0 Å². The Kier molecular flexibility index (Phi) is 3.15. The van der Waals surface area contributed by atoms with Crippen LogP contribution >= 0.6 is 11.8 Å². The van der Waals surface area contributed by atoms with Gasteiger partial charge < -0.3 is 5.11 Å². The van der Waals surface area contributed by atoms with Crippen molar-refractivity contribution in [3.05, 3.63) is 41.1 Å². The van der Waals surface area contributed by atoms with Crippen molar-refractivity contribution in [1.82, 2.24) is 0 Å². The topological polar surface area (TPSA) is 74.7 Å².